The van der Waals surface area contributed by atoms with Crippen LogP contribution in [-0.4, -0.2) is 32.3 Å². The molecule has 0 bridgehead atoms. The van der Waals surface area contributed by atoms with Gasteiger partial charge in [0.15, 0.2) is 0 Å². The van der Waals surface area contributed by atoms with Gasteiger partial charge < -0.3 is 15.0 Å². The monoisotopic (exact) mass is 328 g/mol. The number of nitrogens with zero attached hydrogens (tertiary/aromatic N) is 1. The van der Waals surface area contributed by atoms with E-state index in [1.807, 2.05) is 6.07 Å². The van der Waals surface area contributed by atoms with Crippen LogP contribution >= 0.6 is 15.9 Å². The minimum atomic E-state index is -0.209. The number of halogens is 2. The van der Waals surface area contributed by atoms with Crippen molar-refractivity contribution in [2.75, 3.05) is 36.5 Å². The lowest BCUT2D eigenvalue weighted by molar-refractivity contribution is 0.185. The summed E-state index contributed by atoms with van der Waals surface area (Å²) in [5.41, 5.74) is 1.97. The number of ether oxygens (including phenoxy) is 1. The van der Waals surface area contributed by atoms with E-state index in [4.69, 9.17) is 4.74 Å². The van der Waals surface area contributed by atoms with E-state index in [2.05, 4.69) is 33.1 Å². The van der Waals surface area contributed by atoms with Gasteiger partial charge in [-0.2, -0.15) is 0 Å². The smallest absolute Gasteiger partial charge is 0.139 e. The van der Waals surface area contributed by atoms with Crippen LogP contribution in [0.5, 0.6) is 0 Å². The second-order valence-electron chi connectivity index (χ2n) is 5.22. The maximum Gasteiger partial charge on any atom is 0.139 e. The Morgan fingerprint density at radius 2 is 2.32 bits per heavy atom. The molecule has 0 radical (unpaired) electrons. The first-order chi connectivity index (χ1) is 9.20. The molecule has 0 spiro atoms. The van der Waals surface area contributed by atoms with Crippen LogP contribution in [0.3, 0.4) is 0 Å². The Morgan fingerprint density at radius 3 is 3.11 bits per heavy atom. The van der Waals surface area contributed by atoms with Gasteiger partial charge in [-0.3, -0.25) is 0 Å². The van der Waals surface area contributed by atoms with Gasteiger partial charge >= 0.3 is 0 Å². The van der Waals surface area contributed by atoms with Gasteiger partial charge in [0.1, 0.15) is 5.82 Å². The molecule has 1 fully saturated rings. The van der Waals surface area contributed by atoms with Gasteiger partial charge in [0.25, 0.3) is 0 Å². The zero-order valence-electron chi connectivity index (χ0n) is 11.0. The van der Waals surface area contributed by atoms with Gasteiger partial charge in [0.05, 0.1) is 35.1 Å². The van der Waals surface area contributed by atoms with Crippen molar-refractivity contribution in [1.29, 1.82) is 0 Å². The highest BCUT2D eigenvalue weighted by atomic mass is 79.9. The van der Waals surface area contributed by atoms with E-state index in [0.717, 1.165) is 44.1 Å². The maximum atomic E-state index is 13.9. The summed E-state index contributed by atoms with van der Waals surface area (Å²) >= 11 is 3.26. The first-order valence-electron chi connectivity index (χ1n) is 6.78. The minimum Gasteiger partial charge on any atom is -0.383 e. The molecule has 104 valence electrons. The van der Waals surface area contributed by atoms with Crippen LogP contribution in [0.1, 0.15) is 13.3 Å². The number of hydrogen-bond donors (Lipinski definition) is 1. The van der Waals surface area contributed by atoms with Crippen molar-refractivity contribution in [1.82, 2.24) is 0 Å². The van der Waals surface area contributed by atoms with Crippen molar-refractivity contribution in [2.24, 2.45) is 5.92 Å². The lowest BCUT2D eigenvalue weighted by Gasteiger charge is -2.31. The van der Waals surface area contributed by atoms with Crippen molar-refractivity contribution < 1.29 is 9.13 Å². The number of nitrogens with one attached hydrogen (secondary N) is 1. The Hall–Kier alpha value is -0.810. The summed E-state index contributed by atoms with van der Waals surface area (Å²) in [4.78, 5) is 2.31. The molecule has 2 unspecified atom stereocenters. The van der Waals surface area contributed by atoms with Gasteiger partial charge in [-0.25, -0.2) is 4.39 Å². The Bertz CT molecular complexity index is 483. The van der Waals surface area contributed by atoms with Crippen LogP contribution in [0, 0.1) is 11.7 Å². The molecule has 2 aliphatic rings. The van der Waals surface area contributed by atoms with Crippen molar-refractivity contribution in [3.8, 4) is 0 Å². The highest BCUT2D eigenvalue weighted by Crippen LogP contribution is 2.38. The third-order valence-corrected chi connectivity index (χ3v) is 4.54. The topological polar surface area (TPSA) is 24.5 Å². The molecule has 1 N–H and O–H groups in total. The van der Waals surface area contributed by atoms with Gasteiger partial charge in [-0.1, -0.05) is 6.92 Å². The molecule has 1 aromatic rings. The molecule has 2 heterocycles. The van der Waals surface area contributed by atoms with Gasteiger partial charge in [-0.05, 0) is 28.4 Å². The average molecular weight is 329 g/mol. The van der Waals surface area contributed by atoms with Crippen molar-refractivity contribution >= 4 is 27.3 Å². The van der Waals surface area contributed by atoms with Crippen LogP contribution in [0.4, 0.5) is 15.8 Å². The van der Waals surface area contributed by atoms with E-state index in [-0.39, 0.29) is 5.82 Å². The third kappa shape index (κ3) is 2.34. The molecular weight excluding hydrogens is 311 g/mol. The molecule has 2 atom stereocenters. The van der Waals surface area contributed by atoms with E-state index in [1.165, 1.54) is 0 Å². The molecule has 1 aromatic carbocycles. The largest absolute Gasteiger partial charge is 0.383 e. The number of fused-ring (bicyclic) bond motifs is 2. The first-order valence-corrected chi connectivity index (χ1v) is 7.57. The summed E-state index contributed by atoms with van der Waals surface area (Å²) in [5, 5.41) is 3.43. The Kier molecular flexibility index (Phi) is 3.67. The van der Waals surface area contributed by atoms with Crippen LogP contribution in [0.2, 0.25) is 0 Å². The van der Waals surface area contributed by atoms with E-state index >= 15 is 0 Å². The molecule has 0 saturated carbocycles. The number of benzene rings is 1. The number of rotatable bonds is 2. The predicted octanol–water partition coefficient (Wildman–Crippen LogP) is 3.25. The lowest BCUT2D eigenvalue weighted by Crippen LogP contribution is -2.41. The standard InChI is InChI=1S/C14H18BrFN2O/c1-2-3-18-13-5-11(16)10(15)4-12(13)17-6-9-7-19-8-14(9)18/h4-5,9,14,17H,2-3,6-8H2,1H3. The van der Waals surface area contributed by atoms with E-state index in [9.17, 15) is 4.39 Å². The molecule has 3 nitrogen and oxygen atoms in total. The third-order valence-electron chi connectivity index (χ3n) is 3.93. The molecule has 3 rings (SSSR count). The van der Waals surface area contributed by atoms with Crippen LogP contribution in [0.15, 0.2) is 16.6 Å². The van der Waals surface area contributed by atoms with Crippen molar-refractivity contribution in [3.05, 3.63) is 22.4 Å². The van der Waals surface area contributed by atoms with Crippen LogP contribution in [0.25, 0.3) is 0 Å². The summed E-state index contributed by atoms with van der Waals surface area (Å²) in [6.07, 6.45) is 1.04. The van der Waals surface area contributed by atoms with Gasteiger partial charge in [0.2, 0.25) is 0 Å². The minimum absolute atomic E-state index is 0.209. The average Bonchev–Trinajstić information content (AvgIpc) is 2.80. The first kappa shape index (κ1) is 13.2. The Morgan fingerprint density at radius 1 is 1.47 bits per heavy atom. The number of anilines is 2. The molecule has 2 aliphatic heterocycles. The summed E-state index contributed by atoms with van der Waals surface area (Å²) in [6.45, 7) is 5.49. The van der Waals surface area contributed by atoms with E-state index in [0.29, 0.717) is 16.4 Å². The predicted molar refractivity (Wildman–Crippen MR) is 78.3 cm³/mol. The fourth-order valence-electron chi connectivity index (χ4n) is 2.99. The molecular formula is C14H18BrFN2O. The maximum absolute atomic E-state index is 13.9. The molecule has 0 aromatic heterocycles. The Balaban J connectivity index is 2.04. The van der Waals surface area contributed by atoms with Gasteiger partial charge in [0, 0.05) is 25.1 Å². The van der Waals surface area contributed by atoms with Crippen molar-refractivity contribution in [2.45, 2.75) is 19.4 Å². The summed E-state index contributed by atoms with van der Waals surface area (Å²) < 4.78 is 20.0. The lowest BCUT2D eigenvalue weighted by atomic mass is 10.0. The zero-order valence-corrected chi connectivity index (χ0v) is 12.5. The zero-order chi connectivity index (χ0) is 13.4. The molecule has 19 heavy (non-hydrogen) atoms. The summed E-state index contributed by atoms with van der Waals surface area (Å²) in [6, 6.07) is 3.83. The van der Waals surface area contributed by atoms with Crippen LogP contribution < -0.4 is 10.2 Å². The van der Waals surface area contributed by atoms with Crippen LogP contribution in [-0.2, 0) is 4.74 Å². The second-order valence-corrected chi connectivity index (χ2v) is 6.08. The second kappa shape index (κ2) is 5.29. The molecule has 5 heteroatoms. The van der Waals surface area contributed by atoms with Crippen molar-refractivity contribution in [3.63, 3.8) is 0 Å². The quantitative estimate of drug-likeness (QED) is 0.901. The molecule has 1 saturated heterocycles. The SMILES string of the molecule is CCCN1c2cc(F)c(Br)cc2NCC2COCC21. The van der Waals surface area contributed by atoms with E-state index < -0.39 is 0 Å². The van der Waals surface area contributed by atoms with E-state index in [1.54, 1.807) is 6.07 Å². The number of hydrogen-bond acceptors (Lipinski definition) is 3. The highest BCUT2D eigenvalue weighted by molar-refractivity contribution is 9.10. The normalized spacial score (nSPS) is 25.5. The fraction of sp³-hybridized carbons (Fsp3) is 0.571. The summed E-state index contributed by atoms with van der Waals surface area (Å²) in [5.74, 6) is 0.264. The Labute approximate surface area is 121 Å². The highest BCUT2D eigenvalue weighted by Gasteiger charge is 2.36. The fourth-order valence-corrected chi connectivity index (χ4v) is 3.33. The molecule has 0 amide bonds. The molecule has 0 aliphatic carbocycles. The summed E-state index contributed by atoms with van der Waals surface area (Å²) in [7, 11) is 0. The van der Waals surface area contributed by atoms with Gasteiger partial charge in [-0.15, -0.1) is 0 Å².